The van der Waals surface area contributed by atoms with E-state index in [0.717, 1.165) is 6.54 Å². The van der Waals surface area contributed by atoms with Crippen LogP contribution in [0.5, 0.6) is 0 Å². The minimum Gasteiger partial charge on any atom is -0.375 e. The summed E-state index contributed by atoms with van der Waals surface area (Å²) in [6.07, 6.45) is 5.15. The van der Waals surface area contributed by atoms with Gasteiger partial charge in [0.2, 0.25) is 5.91 Å². The molecule has 0 aromatic heterocycles. The molecule has 0 saturated carbocycles. The molecule has 0 aromatic carbocycles. The van der Waals surface area contributed by atoms with Crippen LogP contribution in [-0.2, 0) is 9.53 Å². The Kier molecular flexibility index (Phi) is 8.37. The molecule has 0 radical (unpaired) electrons. The Labute approximate surface area is 90.8 Å². The number of carbonyl (C=O) groups is 1. The van der Waals surface area contributed by atoms with Crippen LogP contribution < -0.4 is 5.32 Å². The molecule has 1 amide bonds. The van der Waals surface area contributed by atoms with Crippen molar-refractivity contribution in [2.75, 3.05) is 33.9 Å². The number of aliphatic imine (C=N–C) groups is 1. The Morgan fingerprint density at radius 2 is 2.33 bits per heavy atom. The van der Waals surface area contributed by atoms with Crippen molar-refractivity contribution in [3.63, 3.8) is 0 Å². The van der Waals surface area contributed by atoms with Gasteiger partial charge in [0, 0.05) is 33.4 Å². The summed E-state index contributed by atoms with van der Waals surface area (Å²) in [7, 11) is 3.43. The molecule has 86 valence electrons. The third kappa shape index (κ3) is 8.96. The van der Waals surface area contributed by atoms with Gasteiger partial charge in [0.05, 0.1) is 6.34 Å². The first-order valence-electron chi connectivity index (χ1n) is 4.84. The lowest BCUT2D eigenvalue weighted by atomic mass is 10.5. The molecule has 0 aliphatic rings. The highest BCUT2D eigenvalue weighted by molar-refractivity contribution is 5.77. The first kappa shape index (κ1) is 13.6. The fourth-order valence-electron chi connectivity index (χ4n) is 0.702. The molecule has 0 heterocycles. The molecule has 0 fully saturated rings. The van der Waals surface area contributed by atoms with Gasteiger partial charge in [0.15, 0.2) is 0 Å². The first-order chi connectivity index (χ1) is 7.20. The van der Waals surface area contributed by atoms with Crippen molar-refractivity contribution in [1.29, 1.82) is 0 Å². The molecular weight excluding hydrogens is 194 g/mol. The van der Waals surface area contributed by atoms with E-state index in [1.165, 1.54) is 7.11 Å². The summed E-state index contributed by atoms with van der Waals surface area (Å²) in [5, 5.41) is 2.65. The quantitative estimate of drug-likeness (QED) is 0.487. The zero-order chi connectivity index (χ0) is 11.5. The van der Waals surface area contributed by atoms with E-state index in [-0.39, 0.29) is 12.5 Å². The Hall–Kier alpha value is -1.36. The Balaban J connectivity index is 3.54. The maximum Gasteiger partial charge on any atom is 0.246 e. The molecule has 0 aliphatic carbocycles. The van der Waals surface area contributed by atoms with Crippen LogP contribution >= 0.6 is 0 Å². The smallest absolute Gasteiger partial charge is 0.246 e. The largest absolute Gasteiger partial charge is 0.375 e. The number of hydrogen-bond donors (Lipinski definition) is 1. The first-order valence-corrected chi connectivity index (χ1v) is 4.84. The van der Waals surface area contributed by atoms with Crippen LogP contribution in [0, 0.1) is 0 Å². The van der Waals surface area contributed by atoms with Crippen molar-refractivity contribution < 1.29 is 9.53 Å². The highest BCUT2D eigenvalue weighted by Gasteiger charge is 1.94. The molecule has 0 bridgehead atoms. The molecule has 0 rings (SSSR count). The Bertz CT molecular complexity index is 227. The van der Waals surface area contributed by atoms with Gasteiger partial charge >= 0.3 is 0 Å². The summed E-state index contributed by atoms with van der Waals surface area (Å²) < 4.78 is 4.66. The fraction of sp³-hybridized carbons (Fsp3) is 0.600. The van der Waals surface area contributed by atoms with E-state index in [4.69, 9.17) is 0 Å². The van der Waals surface area contributed by atoms with Crippen LogP contribution in [0.15, 0.2) is 17.3 Å². The lowest BCUT2D eigenvalue weighted by Gasteiger charge is -2.06. The van der Waals surface area contributed by atoms with Gasteiger partial charge in [0.25, 0.3) is 0 Å². The van der Waals surface area contributed by atoms with Crippen LogP contribution in [0.4, 0.5) is 0 Å². The predicted octanol–water partition coefficient (Wildman–Crippen LogP) is 0.243. The standard InChI is InChI=1S/C10H19N3O2/c1-4-13(2)9-11-6-5-7-12-10(14)8-15-3/h5-6,9H,4,7-8H2,1-3H3,(H,12,14)/b6-5+,11-9?. The highest BCUT2D eigenvalue weighted by atomic mass is 16.5. The van der Waals surface area contributed by atoms with Gasteiger partial charge in [-0.1, -0.05) is 0 Å². The molecule has 1 N–H and O–H groups in total. The molecule has 0 saturated heterocycles. The molecule has 0 aromatic rings. The fourth-order valence-corrected chi connectivity index (χ4v) is 0.702. The molecular formula is C10H19N3O2. The summed E-state index contributed by atoms with van der Waals surface area (Å²) in [5.41, 5.74) is 0. The van der Waals surface area contributed by atoms with E-state index < -0.39 is 0 Å². The molecule has 0 unspecified atom stereocenters. The number of ether oxygens (including phenoxy) is 1. The number of nitrogens with one attached hydrogen (secondary N) is 1. The maximum absolute atomic E-state index is 10.9. The number of amides is 1. The third-order valence-corrected chi connectivity index (χ3v) is 1.65. The van der Waals surface area contributed by atoms with Crippen molar-refractivity contribution in [3.05, 3.63) is 12.3 Å². The topological polar surface area (TPSA) is 53.9 Å². The van der Waals surface area contributed by atoms with E-state index in [1.807, 2.05) is 18.9 Å². The van der Waals surface area contributed by atoms with Crippen LogP contribution in [0.3, 0.4) is 0 Å². The average Bonchev–Trinajstić information content (AvgIpc) is 2.23. The normalized spacial score (nSPS) is 11.1. The van der Waals surface area contributed by atoms with Gasteiger partial charge in [-0.05, 0) is 13.0 Å². The summed E-state index contributed by atoms with van der Waals surface area (Å²) in [4.78, 5) is 16.9. The minimum atomic E-state index is -0.128. The lowest BCUT2D eigenvalue weighted by molar-refractivity contribution is -0.124. The lowest BCUT2D eigenvalue weighted by Crippen LogP contribution is -2.26. The highest BCUT2D eigenvalue weighted by Crippen LogP contribution is 1.78. The zero-order valence-corrected chi connectivity index (χ0v) is 9.56. The third-order valence-electron chi connectivity index (χ3n) is 1.65. The molecule has 5 heteroatoms. The van der Waals surface area contributed by atoms with Crippen molar-refractivity contribution in [2.45, 2.75) is 6.92 Å². The second-order valence-electron chi connectivity index (χ2n) is 2.96. The second kappa shape index (κ2) is 9.21. The van der Waals surface area contributed by atoms with Crippen LogP contribution in [0.2, 0.25) is 0 Å². The van der Waals surface area contributed by atoms with E-state index in [0.29, 0.717) is 6.54 Å². The minimum absolute atomic E-state index is 0.0929. The average molecular weight is 213 g/mol. The van der Waals surface area contributed by atoms with Crippen LogP contribution in [0.25, 0.3) is 0 Å². The summed E-state index contributed by atoms with van der Waals surface area (Å²) in [5.74, 6) is -0.128. The van der Waals surface area contributed by atoms with E-state index in [2.05, 4.69) is 15.0 Å². The van der Waals surface area contributed by atoms with Gasteiger partial charge in [-0.15, -0.1) is 0 Å². The maximum atomic E-state index is 10.9. The molecule has 0 spiro atoms. The van der Waals surface area contributed by atoms with Gasteiger partial charge in [-0.2, -0.15) is 0 Å². The predicted molar refractivity (Wildman–Crippen MR) is 60.8 cm³/mol. The monoisotopic (exact) mass is 213 g/mol. The number of carbonyl (C=O) groups excluding carboxylic acids is 1. The Morgan fingerprint density at radius 3 is 2.93 bits per heavy atom. The van der Waals surface area contributed by atoms with E-state index in [9.17, 15) is 4.79 Å². The second-order valence-corrected chi connectivity index (χ2v) is 2.96. The number of rotatable bonds is 7. The zero-order valence-electron chi connectivity index (χ0n) is 9.56. The molecule has 5 nitrogen and oxygen atoms in total. The van der Waals surface area contributed by atoms with Gasteiger partial charge < -0.3 is 15.0 Å². The molecule has 15 heavy (non-hydrogen) atoms. The number of methoxy groups -OCH3 is 1. The van der Waals surface area contributed by atoms with Crippen molar-refractivity contribution >= 4 is 12.2 Å². The summed E-state index contributed by atoms with van der Waals surface area (Å²) in [6.45, 7) is 3.52. The summed E-state index contributed by atoms with van der Waals surface area (Å²) in [6, 6.07) is 0. The number of nitrogens with zero attached hydrogens (tertiary/aromatic N) is 2. The molecule has 0 aliphatic heterocycles. The van der Waals surface area contributed by atoms with E-state index >= 15 is 0 Å². The van der Waals surface area contributed by atoms with Gasteiger partial charge in [-0.25, -0.2) is 4.99 Å². The van der Waals surface area contributed by atoms with E-state index in [1.54, 1.807) is 18.6 Å². The van der Waals surface area contributed by atoms with Crippen molar-refractivity contribution in [1.82, 2.24) is 10.2 Å². The van der Waals surface area contributed by atoms with Gasteiger partial charge in [-0.3, -0.25) is 4.79 Å². The van der Waals surface area contributed by atoms with Gasteiger partial charge in [0.1, 0.15) is 6.61 Å². The van der Waals surface area contributed by atoms with Crippen LogP contribution in [0.1, 0.15) is 6.92 Å². The Morgan fingerprint density at radius 1 is 1.60 bits per heavy atom. The molecule has 0 atom stereocenters. The van der Waals surface area contributed by atoms with Crippen molar-refractivity contribution in [3.8, 4) is 0 Å². The number of hydrogen-bond acceptors (Lipinski definition) is 3. The van der Waals surface area contributed by atoms with Crippen molar-refractivity contribution in [2.24, 2.45) is 4.99 Å². The summed E-state index contributed by atoms with van der Waals surface area (Å²) >= 11 is 0. The van der Waals surface area contributed by atoms with Crippen LogP contribution in [-0.4, -0.2) is 51.0 Å². The SMILES string of the molecule is CCN(C)C=N/C=C/CNC(=O)COC.